The highest BCUT2D eigenvalue weighted by Crippen LogP contribution is 2.22. The first-order chi connectivity index (χ1) is 11.0. The quantitative estimate of drug-likeness (QED) is 0.282. The predicted octanol–water partition coefficient (Wildman–Crippen LogP) is 2.87. The molecule has 1 rings (SSSR count). The highest BCUT2D eigenvalue weighted by Gasteiger charge is 2.06. The van der Waals surface area contributed by atoms with Crippen LogP contribution in [0.4, 0.5) is 0 Å². The molecule has 0 heterocycles. The van der Waals surface area contributed by atoms with Crippen molar-refractivity contribution in [3.63, 3.8) is 0 Å². The van der Waals surface area contributed by atoms with Crippen LogP contribution in [0, 0.1) is 6.92 Å². The molecule has 1 amide bonds. The minimum absolute atomic E-state index is 0. The number of likely N-dealkylation sites (N-methyl/N-ethyl adjacent to an activating group) is 1. The van der Waals surface area contributed by atoms with Crippen LogP contribution in [0.15, 0.2) is 28.1 Å². The number of hydrogen-bond acceptors (Lipinski definition) is 3. The number of nitrogens with zero attached hydrogens (tertiary/aromatic N) is 2. The number of aliphatic imine (C=N–C) groups is 1. The van der Waals surface area contributed by atoms with E-state index in [-0.39, 0.29) is 36.4 Å². The second-order valence-electron chi connectivity index (χ2n) is 5.55. The minimum atomic E-state index is 0. The number of carbonyl (C=O) groups excluding carboxylic acids is 1. The molecule has 0 aromatic heterocycles. The first-order valence-corrected chi connectivity index (χ1v) is 9.06. The normalized spacial score (nSPS) is 10.8. The SMILES string of the molecule is CCCNC(=NCc1ccc(C)cc1SC)NCC(=O)N(C)C.I. The molecule has 0 unspecified atom stereocenters. The van der Waals surface area contributed by atoms with E-state index in [1.807, 2.05) is 0 Å². The van der Waals surface area contributed by atoms with E-state index in [1.165, 1.54) is 16.0 Å². The van der Waals surface area contributed by atoms with Crippen molar-refractivity contribution in [3.8, 4) is 0 Å². The van der Waals surface area contributed by atoms with E-state index in [0.29, 0.717) is 12.5 Å². The molecule has 5 nitrogen and oxygen atoms in total. The van der Waals surface area contributed by atoms with Gasteiger partial charge in [-0.05, 0) is 36.8 Å². The van der Waals surface area contributed by atoms with Crippen molar-refractivity contribution < 1.29 is 4.79 Å². The van der Waals surface area contributed by atoms with Crippen LogP contribution in [0.3, 0.4) is 0 Å². The summed E-state index contributed by atoms with van der Waals surface area (Å²) in [5.74, 6) is 0.700. The zero-order valence-corrected chi connectivity index (χ0v) is 18.3. The fourth-order valence-corrected chi connectivity index (χ4v) is 2.58. The lowest BCUT2D eigenvalue weighted by Crippen LogP contribution is -2.43. The fourth-order valence-electron chi connectivity index (χ4n) is 1.88. The van der Waals surface area contributed by atoms with E-state index in [0.717, 1.165) is 13.0 Å². The largest absolute Gasteiger partial charge is 0.356 e. The van der Waals surface area contributed by atoms with Crippen molar-refractivity contribution in [2.45, 2.75) is 31.7 Å². The van der Waals surface area contributed by atoms with E-state index in [9.17, 15) is 4.79 Å². The number of aryl methyl sites for hydroxylation is 1. The molecule has 0 bridgehead atoms. The maximum absolute atomic E-state index is 11.7. The Balaban J connectivity index is 0.00000529. The van der Waals surface area contributed by atoms with Crippen molar-refractivity contribution in [3.05, 3.63) is 29.3 Å². The molecule has 0 aliphatic rings. The summed E-state index contributed by atoms with van der Waals surface area (Å²) < 4.78 is 0. The average Bonchev–Trinajstić information content (AvgIpc) is 2.54. The van der Waals surface area contributed by atoms with E-state index >= 15 is 0 Å². The summed E-state index contributed by atoms with van der Waals surface area (Å²) in [5, 5.41) is 6.34. The molecule has 1 aromatic carbocycles. The van der Waals surface area contributed by atoms with Gasteiger partial charge in [-0.1, -0.05) is 19.1 Å². The number of benzene rings is 1. The van der Waals surface area contributed by atoms with Crippen LogP contribution in [0.5, 0.6) is 0 Å². The van der Waals surface area contributed by atoms with Gasteiger partial charge in [0.1, 0.15) is 0 Å². The number of amides is 1. The summed E-state index contributed by atoms with van der Waals surface area (Å²) in [6, 6.07) is 6.40. The topological polar surface area (TPSA) is 56.7 Å². The van der Waals surface area contributed by atoms with Gasteiger partial charge in [-0.25, -0.2) is 4.99 Å². The Morgan fingerprint density at radius 3 is 2.58 bits per heavy atom. The third kappa shape index (κ3) is 8.23. The van der Waals surface area contributed by atoms with E-state index in [4.69, 9.17) is 0 Å². The molecule has 24 heavy (non-hydrogen) atoms. The Kier molecular flexibility index (Phi) is 11.9. The van der Waals surface area contributed by atoms with Gasteiger partial charge in [0.05, 0.1) is 13.1 Å². The molecular formula is C17H29IN4OS. The van der Waals surface area contributed by atoms with Crippen molar-refractivity contribution in [2.75, 3.05) is 33.4 Å². The van der Waals surface area contributed by atoms with E-state index in [2.05, 4.69) is 53.9 Å². The fraction of sp³-hybridized carbons (Fsp3) is 0.529. The third-order valence-electron chi connectivity index (χ3n) is 3.30. The third-order valence-corrected chi connectivity index (χ3v) is 4.12. The molecular weight excluding hydrogens is 435 g/mol. The number of rotatable bonds is 7. The summed E-state index contributed by atoms with van der Waals surface area (Å²) >= 11 is 1.73. The second-order valence-corrected chi connectivity index (χ2v) is 6.40. The number of halogens is 1. The van der Waals surface area contributed by atoms with Crippen molar-refractivity contribution in [2.24, 2.45) is 4.99 Å². The molecule has 0 saturated carbocycles. The molecule has 1 aromatic rings. The Morgan fingerprint density at radius 2 is 2.00 bits per heavy atom. The highest BCUT2D eigenvalue weighted by atomic mass is 127. The number of carbonyl (C=O) groups is 1. The molecule has 0 radical (unpaired) electrons. The molecule has 0 aliphatic heterocycles. The lowest BCUT2D eigenvalue weighted by Gasteiger charge is -2.15. The Bertz CT molecular complexity index is 549. The van der Waals surface area contributed by atoms with E-state index in [1.54, 1.807) is 30.8 Å². The molecule has 0 saturated heterocycles. The van der Waals surface area contributed by atoms with Crippen LogP contribution in [-0.2, 0) is 11.3 Å². The highest BCUT2D eigenvalue weighted by molar-refractivity contribution is 14.0. The summed E-state index contributed by atoms with van der Waals surface area (Å²) in [7, 11) is 3.49. The van der Waals surface area contributed by atoms with Gasteiger partial charge in [0, 0.05) is 25.5 Å². The molecule has 136 valence electrons. The maximum Gasteiger partial charge on any atom is 0.241 e. The maximum atomic E-state index is 11.7. The van der Waals surface area contributed by atoms with Gasteiger partial charge in [-0.3, -0.25) is 4.79 Å². The van der Waals surface area contributed by atoms with Gasteiger partial charge >= 0.3 is 0 Å². The van der Waals surface area contributed by atoms with E-state index < -0.39 is 0 Å². The number of nitrogens with one attached hydrogen (secondary N) is 2. The summed E-state index contributed by atoms with van der Waals surface area (Å²) in [4.78, 5) is 19.1. The summed E-state index contributed by atoms with van der Waals surface area (Å²) in [6.45, 7) is 5.85. The zero-order valence-electron chi connectivity index (χ0n) is 15.2. The Morgan fingerprint density at radius 1 is 1.29 bits per heavy atom. The number of guanidine groups is 1. The predicted molar refractivity (Wildman–Crippen MR) is 115 cm³/mol. The Labute approximate surface area is 167 Å². The van der Waals surface area contributed by atoms with Crippen molar-refractivity contribution in [1.82, 2.24) is 15.5 Å². The first kappa shape index (κ1) is 23.0. The summed E-state index contributed by atoms with van der Waals surface area (Å²) in [5.41, 5.74) is 2.45. The molecule has 0 aliphatic carbocycles. The smallest absolute Gasteiger partial charge is 0.241 e. The van der Waals surface area contributed by atoms with Gasteiger partial charge in [0.2, 0.25) is 5.91 Å². The summed E-state index contributed by atoms with van der Waals surface area (Å²) in [6.07, 6.45) is 3.08. The van der Waals surface area contributed by atoms with Crippen LogP contribution >= 0.6 is 35.7 Å². The molecule has 0 spiro atoms. The molecule has 7 heteroatoms. The van der Waals surface area contributed by atoms with Crippen LogP contribution < -0.4 is 10.6 Å². The van der Waals surface area contributed by atoms with Crippen LogP contribution in [0.25, 0.3) is 0 Å². The monoisotopic (exact) mass is 464 g/mol. The lowest BCUT2D eigenvalue weighted by molar-refractivity contribution is -0.127. The lowest BCUT2D eigenvalue weighted by atomic mass is 10.1. The number of thioether (sulfide) groups is 1. The van der Waals surface area contributed by atoms with Crippen molar-refractivity contribution in [1.29, 1.82) is 0 Å². The molecule has 2 N–H and O–H groups in total. The molecule has 0 atom stereocenters. The minimum Gasteiger partial charge on any atom is -0.356 e. The number of hydrogen-bond donors (Lipinski definition) is 2. The van der Waals surface area contributed by atoms with Gasteiger partial charge in [-0.2, -0.15) is 0 Å². The first-order valence-electron chi connectivity index (χ1n) is 7.83. The second kappa shape index (κ2) is 12.4. The standard InChI is InChI=1S/C17H28N4OS.HI/c1-6-9-18-17(20-12-16(22)21(3)4)19-11-14-8-7-13(2)10-15(14)23-5;/h7-8,10H,6,9,11-12H2,1-5H3,(H2,18,19,20);1H. The molecule has 0 fully saturated rings. The van der Waals surface area contributed by atoms with Gasteiger partial charge < -0.3 is 15.5 Å². The van der Waals surface area contributed by atoms with Crippen LogP contribution in [0.2, 0.25) is 0 Å². The average molecular weight is 464 g/mol. The van der Waals surface area contributed by atoms with Gasteiger partial charge in [-0.15, -0.1) is 35.7 Å². The Hall–Kier alpha value is -0.960. The van der Waals surface area contributed by atoms with Gasteiger partial charge in [0.15, 0.2) is 5.96 Å². The zero-order chi connectivity index (χ0) is 17.2. The van der Waals surface area contributed by atoms with Crippen LogP contribution in [0.1, 0.15) is 24.5 Å². The van der Waals surface area contributed by atoms with Crippen molar-refractivity contribution >= 4 is 47.6 Å². The van der Waals surface area contributed by atoms with Gasteiger partial charge in [0.25, 0.3) is 0 Å². The van der Waals surface area contributed by atoms with Crippen LogP contribution in [-0.4, -0.2) is 50.2 Å².